The van der Waals surface area contributed by atoms with Gasteiger partial charge in [-0.05, 0) is 56.7 Å². The predicted molar refractivity (Wildman–Crippen MR) is 107 cm³/mol. The van der Waals surface area contributed by atoms with Crippen LogP contribution in [-0.4, -0.2) is 62.6 Å². The Morgan fingerprint density at radius 1 is 1.33 bits per heavy atom. The van der Waals surface area contributed by atoms with Crippen molar-refractivity contribution in [2.75, 3.05) is 51.8 Å². The van der Waals surface area contributed by atoms with E-state index in [0.29, 0.717) is 0 Å². The first-order valence-electron chi connectivity index (χ1n) is 7.96. The van der Waals surface area contributed by atoms with Gasteiger partial charge in [-0.25, -0.2) is 0 Å². The molecule has 0 aromatic heterocycles. The van der Waals surface area contributed by atoms with Gasteiger partial charge in [0.25, 0.3) is 0 Å². The van der Waals surface area contributed by atoms with Gasteiger partial charge in [0, 0.05) is 26.7 Å². The van der Waals surface area contributed by atoms with Gasteiger partial charge in [0.1, 0.15) is 0 Å². The zero-order valence-electron chi connectivity index (χ0n) is 13.9. The largest absolute Gasteiger partial charge is 0.356 e. The van der Waals surface area contributed by atoms with Crippen LogP contribution >= 0.6 is 35.7 Å². The highest BCUT2D eigenvalue weighted by Gasteiger charge is 2.18. The van der Waals surface area contributed by atoms with Crippen LogP contribution in [-0.2, 0) is 0 Å². The molecule has 1 saturated heterocycles. The summed E-state index contributed by atoms with van der Waals surface area (Å²) in [6.07, 6.45) is 7.33. The van der Waals surface area contributed by atoms with E-state index in [1.54, 1.807) is 0 Å². The van der Waals surface area contributed by atoms with E-state index < -0.39 is 0 Å². The van der Waals surface area contributed by atoms with Crippen molar-refractivity contribution in [3.8, 4) is 0 Å². The number of guanidine groups is 1. The van der Waals surface area contributed by atoms with Crippen molar-refractivity contribution in [3.05, 3.63) is 0 Å². The molecule has 0 aromatic rings. The Labute approximate surface area is 152 Å². The molecule has 0 spiro atoms. The average Bonchev–Trinajstić information content (AvgIpc) is 2.50. The van der Waals surface area contributed by atoms with E-state index in [9.17, 15) is 0 Å². The summed E-state index contributed by atoms with van der Waals surface area (Å²) in [5.74, 6) is 2.98. The highest BCUT2D eigenvalue weighted by atomic mass is 127. The molecule has 6 heteroatoms. The van der Waals surface area contributed by atoms with Gasteiger partial charge in [-0.3, -0.25) is 4.99 Å². The molecule has 4 nitrogen and oxygen atoms in total. The molecule has 0 aliphatic carbocycles. The number of rotatable bonds is 8. The second-order valence-electron chi connectivity index (χ2n) is 5.48. The van der Waals surface area contributed by atoms with Crippen molar-refractivity contribution >= 4 is 41.7 Å². The molecule has 0 amide bonds. The van der Waals surface area contributed by atoms with Gasteiger partial charge in [-0.15, -0.1) is 24.0 Å². The Morgan fingerprint density at radius 2 is 2.14 bits per heavy atom. The zero-order valence-corrected chi connectivity index (χ0v) is 17.0. The van der Waals surface area contributed by atoms with Crippen molar-refractivity contribution in [1.29, 1.82) is 0 Å². The number of piperidine rings is 1. The van der Waals surface area contributed by atoms with Gasteiger partial charge in [0.2, 0.25) is 0 Å². The van der Waals surface area contributed by atoms with Crippen LogP contribution in [0.5, 0.6) is 0 Å². The maximum Gasteiger partial charge on any atom is 0.190 e. The van der Waals surface area contributed by atoms with Gasteiger partial charge in [-0.1, -0.05) is 6.92 Å². The summed E-state index contributed by atoms with van der Waals surface area (Å²) in [5.41, 5.74) is 0. The normalized spacial score (nSPS) is 20.0. The molecule has 1 fully saturated rings. The monoisotopic (exact) mass is 428 g/mol. The first kappa shape index (κ1) is 21.3. The molecular weight excluding hydrogens is 395 g/mol. The number of likely N-dealkylation sites (tertiary alicyclic amines) is 1. The van der Waals surface area contributed by atoms with Crippen molar-refractivity contribution in [3.63, 3.8) is 0 Å². The molecule has 21 heavy (non-hydrogen) atoms. The minimum Gasteiger partial charge on any atom is -0.356 e. The van der Waals surface area contributed by atoms with Gasteiger partial charge < -0.3 is 15.5 Å². The maximum absolute atomic E-state index is 4.31. The maximum atomic E-state index is 4.31. The SMILES string of the molecule is CCN1CCCC(CNC(=NC)NCCCCSC)C1.I. The fraction of sp³-hybridized carbons (Fsp3) is 0.933. The lowest BCUT2D eigenvalue weighted by Crippen LogP contribution is -2.44. The van der Waals surface area contributed by atoms with Crippen LogP contribution in [0.2, 0.25) is 0 Å². The van der Waals surface area contributed by atoms with Crippen molar-refractivity contribution in [2.45, 2.75) is 32.6 Å². The number of thioether (sulfide) groups is 1. The van der Waals surface area contributed by atoms with E-state index in [-0.39, 0.29) is 24.0 Å². The Hall–Kier alpha value is 0.310. The lowest BCUT2D eigenvalue weighted by atomic mass is 9.98. The Morgan fingerprint density at radius 3 is 2.81 bits per heavy atom. The quantitative estimate of drug-likeness (QED) is 0.270. The summed E-state index contributed by atoms with van der Waals surface area (Å²) in [6.45, 7) is 8.00. The van der Waals surface area contributed by atoms with Crippen LogP contribution in [0.15, 0.2) is 4.99 Å². The molecule has 1 unspecified atom stereocenters. The number of unbranched alkanes of at least 4 members (excludes halogenated alkanes) is 1. The summed E-state index contributed by atoms with van der Waals surface area (Å²) in [6, 6.07) is 0. The van der Waals surface area contributed by atoms with Gasteiger partial charge in [0.15, 0.2) is 5.96 Å². The van der Waals surface area contributed by atoms with E-state index in [1.807, 2.05) is 18.8 Å². The predicted octanol–water partition coefficient (Wildman–Crippen LogP) is 2.64. The fourth-order valence-electron chi connectivity index (χ4n) is 2.64. The van der Waals surface area contributed by atoms with Crippen LogP contribution in [0.25, 0.3) is 0 Å². The lowest BCUT2D eigenvalue weighted by molar-refractivity contribution is 0.183. The molecule has 0 radical (unpaired) electrons. The van der Waals surface area contributed by atoms with Gasteiger partial charge >= 0.3 is 0 Å². The van der Waals surface area contributed by atoms with Gasteiger partial charge in [-0.2, -0.15) is 11.8 Å². The van der Waals surface area contributed by atoms with E-state index in [4.69, 9.17) is 0 Å². The number of hydrogen-bond acceptors (Lipinski definition) is 3. The average molecular weight is 428 g/mol. The van der Waals surface area contributed by atoms with Crippen LogP contribution in [0, 0.1) is 5.92 Å². The molecule has 1 aliphatic heterocycles. The molecule has 1 aliphatic rings. The van der Waals surface area contributed by atoms with E-state index in [2.05, 4.69) is 33.7 Å². The highest BCUT2D eigenvalue weighted by Crippen LogP contribution is 2.14. The van der Waals surface area contributed by atoms with Crippen molar-refractivity contribution in [1.82, 2.24) is 15.5 Å². The molecule has 1 atom stereocenters. The topological polar surface area (TPSA) is 39.7 Å². The molecular formula is C15H33IN4S. The minimum atomic E-state index is 0. The number of aliphatic imine (C=N–C) groups is 1. The first-order valence-corrected chi connectivity index (χ1v) is 9.35. The Balaban J connectivity index is 0.00000400. The lowest BCUT2D eigenvalue weighted by Gasteiger charge is -2.32. The second-order valence-corrected chi connectivity index (χ2v) is 6.47. The number of halogens is 1. The highest BCUT2D eigenvalue weighted by molar-refractivity contribution is 14.0. The third-order valence-electron chi connectivity index (χ3n) is 3.90. The fourth-order valence-corrected chi connectivity index (χ4v) is 3.14. The second kappa shape index (κ2) is 13.9. The Kier molecular flexibility index (Phi) is 14.1. The summed E-state index contributed by atoms with van der Waals surface area (Å²) < 4.78 is 0. The third kappa shape index (κ3) is 9.84. The van der Waals surface area contributed by atoms with Gasteiger partial charge in [0.05, 0.1) is 0 Å². The summed E-state index contributed by atoms with van der Waals surface area (Å²) in [7, 11) is 1.86. The zero-order chi connectivity index (χ0) is 14.6. The van der Waals surface area contributed by atoms with E-state index in [0.717, 1.165) is 25.0 Å². The number of nitrogens with zero attached hydrogens (tertiary/aromatic N) is 2. The molecule has 0 aromatic carbocycles. The van der Waals surface area contributed by atoms with E-state index in [1.165, 1.54) is 51.1 Å². The van der Waals surface area contributed by atoms with Crippen LogP contribution in [0.1, 0.15) is 32.6 Å². The molecule has 0 bridgehead atoms. The van der Waals surface area contributed by atoms with Crippen molar-refractivity contribution < 1.29 is 0 Å². The minimum absolute atomic E-state index is 0. The van der Waals surface area contributed by atoms with E-state index >= 15 is 0 Å². The standard InChI is InChI=1S/C15H32N4S.HI/c1-4-19-10-7-8-14(13-19)12-18-15(16-2)17-9-5-6-11-20-3;/h14H,4-13H2,1-3H3,(H2,16,17,18);1H. The molecule has 1 rings (SSSR count). The van der Waals surface area contributed by atoms with Crippen molar-refractivity contribution in [2.24, 2.45) is 10.9 Å². The summed E-state index contributed by atoms with van der Waals surface area (Å²) in [5, 5.41) is 6.89. The molecule has 1 heterocycles. The van der Waals surface area contributed by atoms with Crippen LogP contribution in [0.4, 0.5) is 0 Å². The van der Waals surface area contributed by atoms with Crippen LogP contribution in [0.3, 0.4) is 0 Å². The summed E-state index contributed by atoms with van der Waals surface area (Å²) >= 11 is 1.92. The van der Waals surface area contributed by atoms with Crippen LogP contribution < -0.4 is 10.6 Å². The first-order chi connectivity index (χ1) is 9.80. The smallest absolute Gasteiger partial charge is 0.190 e. The molecule has 2 N–H and O–H groups in total. The number of nitrogens with one attached hydrogen (secondary N) is 2. The number of hydrogen-bond donors (Lipinski definition) is 2. The molecule has 0 saturated carbocycles. The Bertz CT molecular complexity index is 276. The summed E-state index contributed by atoms with van der Waals surface area (Å²) in [4.78, 5) is 6.86. The molecule has 126 valence electrons. The third-order valence-corrected chi connectivity index (χ3v) is 4.60.